The first-order chi connectivity index (χ1) is 12.4. The lowest BCUT2D eigenvalue weighted by Gasteiger charge is -2.35. The summed E-state index contributed by atoms with van der Waals surface area (Å²) < 4.78 is 17.6. The highest BCUT2D eigenvalue weighted by Crippen LogP contribution is 2.37. The number of halogens is 2. The second-order valence-electron chi connectivity index (χ2n) is 7.61. The SMILES string of the molecule is CC(=S)OC(c1cnc(Cl)c(Cl)c1)c1nnc(CO[Si](C)(C)C(C)(C)C)o1. The van der Waals surface area contributed by atoms with E-state index in [9.17, 15) is 0 Å². The third kappa shape index (κ3) is 5.71. The van der Waals surface area contributed by atoms with Gasteiger partial charge in [-0.1, -0.05) is 44.0 Å². The fraction of sp³-hybridized carbons (Fsp3) is 0.529. The molecule has 2 heterocycles. The number of nitrogens with zero attached hydrogens (tertiary/aromatic N) is 3. The monoisotopic (exact) mass is 447 g/mol. The van der Waals surface area contributed by atoms with Crippen LogP contribution in [0.15, 0.2) is 16.7 Å². The van der Waals surface area contributed by atoms with E-state index < -0.39 is 14.4 Å². The Hall–Kier alpha value is -1.06. The van der Waals surface area contributed by atoms with Gasteiger partial charge in [-0.05, 0) is 36.4 Å². The van der Waals surface area contributed by atoms with Gasteiger partial charge >= 0.3 is 0 Å². The van der Waals surface area contributed by atoms with Crippen LogP contribution in [0.3, 0.4) is 0 Å². The molecule has 2 aromatic rings. The van der Waals surface area contributed by atoms with Crippen molar-refractivity contribution >= 4 is 48.8 Å². The number of hydrogen-bond donors (Lipinski definition) is 0. The Bertz CT molecular complexity index is 824. The van der Waals surface area contributed by atoms with E-state index in [-0.39, 0.29) is 22.7 Å². The van der Waals surface area contributed by atoms with Crippen LogP contribution in [-0.4, -0.2) is 28.5 Å². The number of thiocarbonyl (C=S) groups is 1. The molecule has 0 fully saturated rings. The van der Waals surface area contributed by atoms with Gasteiger partial charge < -0.3 is 13.6 Å². The zero-order chi connectivity index (χ0) is 20.4. The van der Waals surface area contributed by atoms with Crippen LogP contribution in [-0.2, 0) is 15.8 Å². The van der Waals surface area contributed by atoms with Gasteiger partial charge in [0.25, 0.3) is 5.89 Å². The highest BCUT2D eigenvalue weighted by molar-refractivity contribution is 7.80. The van der Waals surface area contributed by atoms with Crippen molar-refractivity contribution in [1.29, 1.82) is 0 Å². The molecule has 0 saturated heterocycles. The van der Waals surface area contributed by atoms with Crippen molar-refractivity contribution in [1.82, 2.24) is 15.2 Å². The van der Waals surface area contributed by atoms with E-state index >= 15 is 0 Å². The van der Waals surface area contributed by atoms with Crippen molar-refractivity contribution < 1.29 is 13.6 Å². The van der Waals surface area contributed by atoms with E-state index in [0.29, 0.717) is 21.5 Å². The molecule has 2 aromatic heterocycles. The molecule has 0 aliphatic rings. The molecule has 0 aromatic carbocycles. The second kappa shape index (κ2) is 8.53. The molecular formula is C17H23Cl2N3O3SSi. The minimum absolute atomic E-state index is 0.0849. The number of hydrogen-bond acceptors (Lipinski definition) is 7. The van der Waals surface area contributed by atoms with E-state index in [0.717, 1.165) is 0 Å². The minimum Gasteiger partial charge on any atom is -0.470 e. The first-order valence-corrected chi connectivity index (χ1v) is 12.4. The molecule has 10 heteroatoms. The summed E-state index contributed by atoms with van der Waals surface area (Å²) >= 11 is 17.0. The number of rotatable bonds is 6. The van der Waals surface area contributed by atoms with Gasteiger partial charge in [0.2, 0.25) is 12.0 Å². The Balaban J connectivity index is 2.23. The van der Waals surface area contributed by atoms with Crippen LogP contribution in [0.5, 0.6) is 0 Å². The summed E-state index contributed by atoms with van der Waals surface area (Å²) in [6.07, 6.45) is 0.812. The van der Waals surface area contributed by atoms with Crippen LogP contribution in [0.25, 0.3) is 0 Å². The van der Waals surface area contributed by atoms with Gasteiger partial charge in [0.05, 0.1) is 5.02 Å². The Morgan fingerprint density at radius 2 is 1.96 bits per heavy atom. The summed E-state index contributed by atoms with van der Waals surface area (Å²) in [6, 6.07) is 1.63. The molecule has 0 radical (unpaired) electrons. The van der Waals surface area contributed by atoms with Gasteiger partial charge in [0.1, 0.15) is 11.8 Å². The maximum Gasteiger partial charge on any atom is 0.261 e. The molecule has 27 heavy (non-hydrogen) atoms. The lowest BCUT2D eigenvalue weighted by Crippen LogP contribution is -2.40. The maximum atomic E-state index is 6.12. The maximum absolute atomic E-state index is 6.12. The largest absolute Gasteiger partial charge is 0.470 e. The predicted octanol–water partition coefficient (Wildman–Crippen LogP) is 5.75. The summed E-state index contributed by atoms with van der Waals surface area (Å²) in [5.74, 6) is 0.617. The van der Waals surface area contributed by atoms with Crippen molar-refractivity contribution in [2.24, 2.45) is 0 Å². The highest BCUT2D eigenvalue weighted by atomic mass is 35.5. The quantitative estimate of drug-likeness (QED) is 0.317. The molecule has 0 bridgehead atoms. The smallest absolute Gasteiger partial charge is 0.261 e. The Morgan fingerprint density at radius 1 is 1.30 bits per heavy atom. The van der Waals surface area contributed by atoms with Gasteiger partial charge in [0, 0.05) is 18.7 Å². The van der Waals surface area contributed by atoms with Crippen LogP contribution in [0.4, 0.5) is 0 Å². The molecule has 0 N–H and O–H groups in total. The molecular weight excluding hydrogens is 425 g/mol. The normalized spacial score (nSPS) is 13.5. The molecule has 1 atom stereocenters. The van der Waals surface area contributed by atoms with Gasteiger partial charge in [-0.25, -0.2) is 4.98 Å². The van der Waals surface area contributed by atoms with Crippen LogP contribution < -0.4 is 0 Å². The molecule has 0 saturated carbocycles. The Kier molecular flexibility index (Phi) is 7.02. The molecule has 0 aliphatic carbocycles. The Labute approximate surface area is 175 Å². The molecule has 2 rings (SSSR count). The first-order valence-electron chi connectivity index (χ1n) is 8.35. The zero-order valence-corrected chi connectivity index (χ0v) is 19.5. The minimum atomic E-state index is -1.93. The van der Waals surface area contributed by atoms with Crippen LogP contribution in [0, 0.1) is 0 Å². The molecule has 148 valence electrons. The van der Waals surface area contributed by atoms with E-state index in [1.165, 1.54) is 6.20 Å². The van der Waals surface area contributed by atoms with E-state index in [1.807, 2.05) is 0 Å². The number of ether oxygens (including phenoxy) is 1. The zero-order valence-electron chi connectivity index (χ0n) is 16.2. The second-order valence-corrected chi connectivity index (χ2v) is 13.8. The van der Waals surface area contributed by atoms with E-state index in [1.54, 1.807) is 13.0 Å². The summed E-state index contributed by atoms with van der Waals surface area (Å²) in [5.41, 5.74) is 0.606. The van der Waals surface area contributed by atoms with Crippen molar-refractivity contribution in [3.63, 3.8) is 0 Å². The molecule has 0 aliphatic heterocycles. The summed E-state index contributed by atoms with van der Waals surface area (Å²) in [6.45, 7) is 12.7. The fourth-order valence-corrected chi connectivity index (χ4v) is 3.19. The lowest BCUT2D eigenvalue weighted by atomic mass is 10.1. The van der Waals surface area contributed by atoms with Gasteiger partial charge in [-0.3, -0.25) is 0 Å². The van der Waals surface area contributed by atoms with Gasteiger partial charge in [0.15, 0.2) is 13.4 Å². The molecule has 1 unspecified atom stereocenters. The van der Waals surface area contributed by atoms with Gasteiger partial charge in [-0.15, -0.1) is 10.2 Å². The standard InChI is InChI=1S/C17H23Cl2N3O3SSi/c1-10(26)24-14(11-7-12(18)15(19)20-8-11)16-22-21-13(25-16)9-23-27(5,6)17(2,3)4/h7-8,14H,9H2,1-6H3. The highest BCUT2D eigenvalue weighted by Gasteiger charge is 2.37. The number of pyridine rings is 1. The predicted molar refractivity (Wildman–Crippen MR) is 112 cm³/mol. The topological polar surface area (TPSA) is 70.3 Å². The average molecular weight is 448 g/mol. The van der Waals surface area contributed by atoms with Crippen LogP contribution in [0.2, 0.25) is 28.3 Å². The molecule has 0 spiro atoms. The van der Waals surface area contributed by atoms with Gasteiger partial charge in [-0.2, -0.15) is 0 Å². The van der Waals surface area contributed by atoms with Crippen molar-refractivity contribution in [2.45, 2.75) is 58.5 Å². The third-order valence-corrected chi connectivity index (χ3v) is 9.73. The summed E-state index contributed by atoms with van der Waals surface area (Å²) in [4.78, 5) is 4.04. The van der Waals surface area contributed by atoms with Crippen molar-refractivity contribution in [3.8, 4) is 0 Å². The Morgan fingerprint density at radius 3 is 2.52 bits per heavy atom. The average Bonchev–Trinajstić information content (AvgIpc) is 3.01. The fourth-order valence-electron chi connectivity index (χ4n) is 1.90. The van der Waals surface area contributed by atoms with E-state index in [4.69, 9.17) is 49.0 Å². The molecule has 6 nitrogen and oxygen atoms in total. The van der Waals surface area contributed by atoms with E-state index in [2.05, 4.69) is 49.0 Å². The number of aromatic nitrogens is 3. The third-order valence-electron chi connectivity index (χ3n) is 4.47. The van der Waals surface area contributed by atoms with Crippen molar-refractivity contribution in [3.05, 3.63) is 39.8 Å². The van der Waals surface area contributed by atoms with Crippen molar-refractivity contribution in [2.75, 3.05) is 0 Å². The lowest BCUT2D eigenvalue weighted by molar-refractivity contribution is 0.184. The summed E-state index contributed by atoms with van der Waals surface area (Å²) in [7, 11) is -1.93. The first kappa shape index (κ1) is 22.2. The molecule has 0 amide bonds. The van der Waals surface area contributed by atoms with Crippen LogP contribution in [0.1, 0.15) is 51.1 Å². The van der Waals surface area contributed by atoms with Crippen LogP contribution >= 0.6 is 35.4 Å². The summed E-state index contributed by atoms with van der Waals surface area (Å²) in [5, 5.41) is 9.07.